The van der Waals surface area contributed by atoms with Crippen LogP contribution < -0.4 is 10.6 Å². The minimum Gasteiger partial charge on any atom is -0.459 e. The average Bonchev–Trinajstić information content (AvgIpc) is 2.91. The number of nitrogens with one attached hydrogen (secondary N) is 2. The van der Waals surface area contributed by atoms with Crippen molar-refractivity contribution in [1.82, 2.24) is 5.32 Å². The zero-order chi connectivity index (χ0) is 15.2. The molecule has 0 bridgehead atoms. The molecule has 2 unspecified atom stereocenters. The topological polar surface area (TPSA) is 50.4 Å². The normalized spacial score (nSPS) is 19.5. The van der Waals surface area contributed by atoms with Crippen molar-refractivity contribution >= 4 is 11.7 Å². The van der Waals surface area contributed by atoms with Crippen molar-refractivity contribution < 1.29 is 9.53 Å². The third-order valence-corrected chi connectivity index (χ3v) is 3.68. The molecule has 1 fully saturated rings. The Bertz CT molecular complexity index is 450. The number of ether oxygens (including phenoxy) is 1. The lowest BCUT2D eigenvalue weighted by molar-refractivity contribution is 0.0378. The Balaban J connectivity index is 1.85. The van der Waals surface area contributed by atoms with E-state index in [2.05, 4.69) is 17.6 Å². The van der Waals surface area contributed by atoms with Gasteiger partial charge in [0.15, 0.2) is 0 Å². The third kappa shape index (κ3) is 5.05. The van der Waals surface area contributed by atoms with Crippen LogP contribution in [0.3, 0.4) is 0 Å². The van der Waals surface area contributed by atoms with Gasteiger partial charge in [-0.2, -0.15) is 0 Å². The molecule has 2 atom stereocenters. The molecule has 116 valence electrons. The lowest BCUT2D eigenvalue weighted by Crippen LogP contribution is -2.29. The van der Waals surface area contributed by atoms with E-state index in [1.165, 1.54) is 12.8 Å². The monoisotopic (exact) mass is 290 g/mol. The van der Waals surface area contributed by atoms with E-state index >= 15 is 0 Å². The molecule has 0 aromatic heterocycles. The van der Waals surface area contributed by atoms with E-state index in [1.807, 2.05) is 38.1 Å². The van der Waals surface area contributed by atoms with Crippen LogP contribution in [0.2, 0.25) is 0 Å². The van der Waals surface area contributed by atoms with Crippen LogP contribution in [0.4, 0.5) is 5.69 Å². The summed E-state index contributed by atoms with van der Waals surface area (Å²) in [6.45, 7) is 7.05. The maximum absolute atomic E-state index is 11.8. The van der Waals surface area contributed by atoms with Gasteiger partial charge in [-0.15, -0.1) is 0 Å². The van der Waals surface area contributed by atoms with Gasteiger partial charge in [0.25, 0.3) is 0 Å². The maximum atomic E-state index is 11.8. The summed E-state index contributed by atoms with van der Waals surface area (Å²) in [5.74, 6) is -0.264. The first-order chi connectivity index (χ1) is 10.0. The van der Waals surface area contributed by atoms with Crippen molar-refractivity contribution in [3.05, 3.63) is 29.8 Å². The zero-order valence-electron chi connectivity index (χ0n) is 13.2. The smallest absolute Gasteiger partial charge is 0.338 e. The fourth-order valence-electron chi connectivity index (χ4n) is 2.71. The summed E-state index contributed by atoms with van der Waals surface area (Å²) in [5.41, 5.74) is 1.64. The predicted octanol–water partition coefficient (Wildman–Crippen LogP) is 3.19. The van der Waals surface area contributed by atoms with E-state index in [1.54, 1.807) is 0 Å². The van der Waals surface area contributed by atoms with Gasteiger partial charge in [-0.1, -0.05) is 0 Å². The van der Waals surface area contributed by atoms with Crippen LogP contribution in [0.5, 0.6) is 0 Å². The van der Waals surface area contributed by atoms with Gasteiger partial charge in [-0.3, -0.25) is 0 Å². The van der Waals surface area contributed by atoms with Crippen LogP contribution in [0.1, 0.15) is 50.4 Å². The molecule has 1 aromatic carbocycles. The molecule has 0 radical (unpaired) electrons. The minimum absolute atomic E-state index is 0.0887. The van der Waals surface area contributed by atoms with E-state index < -0.39 is 0 Å². The number of benzene rings is 1. The Labute approximate surface area is 127 Å². The summed E-state index contributed by atoms with van der Waals surface area (Å²) in [6, 6.07) is 8.55. The molecule has 0 amide bonds. The molecule has 2 rings (SSSR count). The first kappa shape index (κ1) is 15.8. The summed E-state index contributed by atoms with van der Waals surface area (Å²) in [5, 5.41) is 7.00. The average molecular weight is 290 g/mol. The van der Waals surface area contributed by atoms with Gasteiger partial charge < -0.3 is 15.4 Å². The number of anilines is 1. The maximum Gasteiger partial charge on any atom is 0.338 e. The summed E-state index contributed by atoms with van der Waals surface area (Å²) in [4.78, 5) is 11.8. The van der Waals surface area contributed by atoms with Crippen molar-refractivity contribution in [3.63, 3.8) is 0 Å². The van der Waals surface area contributed by atoms with Crippen LogP contribution in [-0.2, 0) is 4.74 Å². The van der Waals surface area contributed by atoms with Crippen molar-refractivity contribution in [3.8, 4) is 0 Å². The van der Waals surface area contributed by atoms with E-state index in [-0.39, 0.29) is 12.1 Å². The van der Waals surface area contributed by atoms with Gasteiger partial charge in [0.1, 0.15) is 0 Å². The molecular formula is C17H26N2O2. The lowest BCUT2D eigenvalue weighted by atomic mass is 10.1. The summed E-state index contributed by atoms with van der Waals surface area (Å²) < 4.78 is 5.18. The number of carbonyl (C=O) groups is 1. The first-order valence-corrected chi connectivity index (χ1v) is 7.85. The summed E-state index contributed by atoms with van der Waals surface area (Å²) in [7, 11) is 0. The number of rotatable bonds is 6. The molecule has 1 aromatic rings. The Morgan fingerprint density at radius 3 is 2.62 bits per heavy atom. The molecule has 4 heteroatoms. The lowest BCUT2D eigenvalue weighted by Gasteiger charge is -2.19. The van der Waals surface area contributed by atoms with Crippen molar-refractivity contribution in [2.24, 2.45) is 0 Å². The molecule has 4 nitrogen and oxygen atoms in total. The standard InChI is InChI=1S/C17H26N2O2/c1-12(2)21-17(20)14-6-8-15(9-7-14)19-13(3)11-16-5-4-10-18-16/h6-9,12-13,16,18-19H,4-5,10-11H2,1-3H3. The molecule has 1 saturated heterocycles. The Hall–Kier alpha value is -1.55. The highest BCUT2D eigenvalue weighted by Gasteiger charge is 2.17. The highest BCUT2D eigenvalue weighted by molar-refractivity contribution is 5.89. The van der Waals surface area contributed by atoms with Gasteiger partial charge in [0, 0.05) is 17.8 Å². The molecular weight excluding hydrogens is 264 g/mol. The molecule has 0 saturated carbocycles. The molecule has 2 N–H and O–H groups in total. The fraction of sp³-hybridized carbons (Fsp3) is 0.588. The Kier molecular flexibility index (Phi) is 5.62. The summed E-state index contributed by atoms with van der Waals surface area (Å²) >= 11 is 0. The molecule has 1 aliphatic heterocycles. The molecule has 1 heterocycles. The highest BCUT2D eigenvalue weighted by Crippen LogP contribution is 2.16. The van der Waals surface area contributed by atoms with Crippen molar-refractivity contribution in [2.45, 2.75) is 58.2 Å². The quantitative estimate of drug-likeness (QED) is 0.790. The van der Waals surface area contributed by atoms with Gasteiger partial charge in [0.05, 0.1) is 11.7 Å². The van der Waals surface area contributed by atoms with Gasteiger partial charge in [-0.25, -0.2) is 4.79 Å². The number of esters is 1. The fourth-order valence-corrected chi connectivity index (χ4v) is 2.71. The van der Waals surface area contributed by atoms with E-state index in [0.717, 1.165) is 18.7 Å². The Morgan fingerprint density at radius 1 is 1.33 bits per heavy atom. The zero-order valence-corrected chi connectivity index (χ0v) is 13.2. The molecule has 0 aliphatic carbocycles. The van der Waals surface area contributed by atoms with Crippen LogP contribution in [0, 0.1) is 0 Å². The van der Waals surface area contributed by atoms with Crippen LogP contribution in [-0.4, -0.2) is 30.7 Å². The third-order valence-electron chi connectivity index (χ3n) is 3.68. The van der Waals surface area contributed by atoms with Crippen molar-refractivity contribution in [2.75, 3.05) is 11.9 Å². The van der Waals surface area contributed by atoms with Crippen LogP contribution in [0.15, 0.2) is 24.3 Å². The van der Waals surface area contributed by atoms with Gasteiger partial charge in [0.2, 0.25) is 0 Å². The van der Waals surface area contributed by atoms with E-state index in [0.29, 0.717) is 17.6 Å². The molecule has 21 heavy (non-hydrogen) atoms. The van der Waals surface area contributed by atoms with Crippen LogP contribution in [0.25, 0.3) is 0 Å². The van der Waals surface area contributed by atoms with E-state index in [4.69, 9.17) is 4.74 Å². The number of carbonyl (C=O) groups excluding carboxylic acids is 1. The minimum atomic E-state index is -0.264. The second-order valence-electron chi connectivity index (χ2n) is 6.11. The number of hydrogen-bond acceptors (Lipinski definition) is 4. The summed E-state index contributed by atoms with van der Waals surface area (Å²) in [6.07, 6.45) is 3.59. The Morgan fingerprint density at radius 2 is 2.05 bits per heavy atom. The first-order valence-electron chi connectivity index (χ1n) is 7.85. The second kappa shape index (κ2) is 7.46. The predicted molar refractivity (Wildman–Crippen MR) is 85.7 cm³/mol. The number of hydrogen-bond donors (Lipinski definition) is 2. The second-order valence-corrected chi connectivity index (χ2v) is 6.11. The van der Waals surface area contributed by atoms with E-state index in [9.17, 15) is 4.79 Å². The van der Waals surface area contributed by atoms with Gasteiger partial charge >= 0.3 is 5.97 Å². The van der Waals surface area contributed by atoms with Crippen molar-refractivity contribution in [1.29, 1.82) is 0 Å². The van der Waals surface area contributed by atoms with Gasteiger partial charge in [-0.05, 0) is 70.8 Å². The largest absolute Gasteiger partial charge is 0.459 e. The molecule has 1 aliphatic rings. The highest BCUT2D eigenvalue weighted by atomic mass is 16.5. The van der Waals surface area contributed by atoms with Crippen LogP contribution >= 0.6 is 0 Å². The molecule has 0 spiro atoms. The SMILES string of the molecule is CC(CC1CCCN1)Nc1ccc(C(=O)OC(C)C)cc1.